The van der Waals surface area contributed by atoms with Gasteiger partial charge in [0.15, 0.2) is 0 Å². The molecule has 0 aliphatic heterocycles. The number of halogens is 1. The Bertz CT molecular complexity index is 1180. The maximum atomic E-state index is 13.3. The van der Waals surface area contributed by atoms with Gasteiger partial charge in [0.05, 0.1) is 19.7 Å². The second kappa shape index (κ2) is 11.5. The summed E-state index contributed by atoms with van der Waals surface area (Å²) >= 11 is 1.17. The van der Waals surface area contributed by atoms with Crippen molar-refractivity contribution >= 4 is 39.9 Å². The average molecular weight is 485 g/mol. The molecule has 0 aliphatic carbocycles. The van der Waals surface area contributed by atoms with E-state index in [0.717, 1.165) is 5.56 Å². The molecule has 0 saturated carbocycles. The molecular weight excluding hydrogens is 459 g/mol. The zero-order valence-corrected chi connectivity index (χ0v) is 19.9. The molecule has 2 N–H and O–H groups in total. The van der Waals surface area contributed by atoms with Gasteiger partial charge >= 0.3 is 5.97 Å². The van der Waals surface area contributed by atoms with Crippen molar-refractivity contribution in [2.75, 3.05) is 37.4 Å². The number of nitrogens with one attached hydrogen (secondary N) is 2. The zero-order chi connectivity index (χ0) is 24.7. The van der Waals surface area contributed by atoms with Gasteiger partial charge in [-0.1, -0.05) is 12.1 Å². The van der Waals surface area contributed by atoms with Crippen molar-refractivity contribution in [2.45, 2.75) is 13.8 Å². The van der Waals surface area contributed by atoms with Crippen molar-refractivity contribution in [1.82, 2.24) is 9.88 Å². The molecule has 178 valence electrons. The second-order valence-corrected chi connectivity index (χ2v) is 8.45. The smallest absolute Gasteiger partial charge is 0.341 e. The van der Waals surface area contributed by atoms with Gasteiger partial charge in [0, 0.05) is 17.1 Å². The van der Waals surface area contributed by atoms with Crippen molar-refractivity contribution in [1.29, 1.82) is 0 Å². The number of thiophene rings is 1. The molecule has 0 fully saturated rings. The van der Waals surface area contributed by atoms with Gasteiger partial charge in [0.2, 0.25) is 11.8 Å². The quantitative estimate of drug-likeness (QED) is 0.446. The number of aryl methyl sites for hydroxylation is 1. The fourth-order valence-electron chi connectivity index (χ4n) is 3.20. The molecule has 0 saturated heterocycles. The Morgan fingerprint density at radius 2 is 1.76 bits per heavy atom. The van der Waals surface area contributed by atoms with Gasteiger partial charge in [0.1, 0.15) is 22.2 Å². The van der Waals surface area contributed by atoms with E-state index in [2.05, 4.69) is 15.6 Å². The summed E-state index contributed by atoms with van der Waals surface area (Å²) in [6.07, 6.45) is 1.60. The maximum absolute atomic E-state index is 13.3. The molecule has 10 heteroatoms. The molecule has 0 unspecified atom stereocenters. The van der Waals surface area contributed by atoms with E-state index in [-0.39, 0.29) is 31.2 Å². The van der Waals surface area contributed by atoms with Gasteiger partial charge < -0.3 is 15.4 Å². The van der Waals surface area contributed by atoms with Crippen LogP contribution in [0.2, 0.25) is 0 Å². The van der Waals surface area contributed by atoms with Crippen molar-refractivity contribution in [2.24, 2.45) is 0 Å². The molecule has 34 heavy (non-hydrogen) atoms. The third kappa shape index (κ3) is 6.69. The predicted octanol–water partition coefficient (Wildman–Crippen LogP) is 3.94. The molecule has 0 radical (unpaired) electrons. The minimum Gasteiger partial charge on any atom is -0.462 e. The first-order chi connectivity index (χ1) is 16.3. The summed E-state index contributed by atoms with van der Waals surface area (Å²) < 4.78 is 18.5. The van der Waals surface area contributed by atoms with Crippen LogP contribution in [0.25, 0.3) is 11.1 Å². The number of nitrogens with zero attached hydrogens (tertiary/aromatic N) is 2. The van der Waals surface area contributed by atoms with E-state index in [1.165, 1.54) is 23.5 Å². The van der Waals surface area contributed by atoms with Crippen molar-refractivity contribution < 1.29 is 23.5 Å². The van der Waals surface area contributed by atoms with Gasteiger partial charge in [-0.3, -0.25) is 14.5 Å². The van der Waals surface area contributed by atoms with E-state index in [4.69, 9.17) is 4.74 Å². The third-order valence-corrected chi connectivity index (χ3v) is 5.58. The number of ether oxygens (including phenoxy) is 1. The van der Waals surface area contributed by atoms with Crippen LogP contribution in [0, 0.1) is 12.7 Å². The number of hydrogen-bond acceptors (Lipinski definition) is 7. The van der Waals surface area contributed by atoms with Crippen molar-refractivity contribution in [3.8, 4) is 11.1 Å². The van der Waals surface area contributed by atoms with Crippen molar-refractivity contribution in [3.05, 3.63) is 64.9 Å². The molecule has 8 nitrogen and oxygen atoms in total. The Labute approximate surface area is 200 Å². The molecule has 2 aromatic heterocycles. The molecule has 2 amide bonds. The van der Waals surface area contributed by atoms with E-state index >= 15 is 0 Å². The first kappa shape index (κ1) is 25.0. The standard InChI is InChI=1S/C24H25FN4O4S/c1-4-33-24(32)22-18(16-5-7-17(25)8-6-16)14-34-23(22)28-21(31)13-29(3)12-20(30)27-19-11-15(2)9-10-26-19/h5-11,14H,4,12-13H2,1-3H3,(H,28,31)(H,26,27,30). The number of anilines is 2. The molecule has 1 aromatic carbocycles. The van der Waals surface area contributed by atoms with E-state index < -0.39 is 17.7 Å². The molecule has 0 bridgehead atoms. The van der Waals surface area contributed by atoms with Gasteiger partial charge in [0.25, 0.3) is 0 Å². The third-order valence-electron chi connectivity index (χ3n) is 4.69. The number of pyridine rings is 1. The normalized spacial score (nSPS) is 10.7. The fourth-order valence-corrected chi connectivity index (χ4v) is 4.17. The van der Waals surface area contributed by atoms with Crippen LogP contribution in [0.3, 0.4) is 0 Å². The number of benzene rings is 1. The molecule has 0 spiro atoms. The monoisotopic (exact) mass is 484 g/mol. The Balaban J connectivity index is 1.67. The lowest BCUT2D eigenvalue weighted by Gasteiger charge is -2.16. The van der Waals surface area contributed by atoms with Crippen LogP contribution >= 0.6 is 11.3 Å². The van der Waals surface area contributed by atoms with E-state index in [1.807, 2.05) is 13.0 Å². The number of rotatable bonds is 9. The molecule has 0 atom stereocenters. The number of esters is 1. The predicted molar refractivity (Wildman–Crippen MR) is 129 cm³/mol. The largest absolute Gasteiger partial charge is 0.462 e. The van der Waals surface area contributed by atoms with E-state index in [9.17, 15) is 18.8 Å². The summed E-state index contributed by atoms with van der Waals surface area (Å²) in [5.41, 5.74) is 2.33. The summed E-state index contributed by atoms with van der Waals surface area (Å²) in [5, 5.41) is 7.46. The molecular formula is C24H25FN4O4S. The highest BCUT2D eigenvalue weighted by atomic mass is 32.1. The summed E-state index contributed by atoms with van der Waals surface area (Å²) in [4.78, 5) is 43.2. The number of carbonyl (C=O) groups excluding carboxylic acids is 3. The topological polar surface area (TPSA) is 101 Å². The Kier molecular flexibility index (Phi) is 8.44. The Hall–Kier alpha value is -3.63. The lowest BCUT2D eigenvalue weighted by atomic mass is 10.0. The first-order valence-corrected chi connectivity index (χ1v) is 11.4. The molecule has 3 aromatic rings. The fraction of sp³-hybridized carbons (Fsp3) is 0.250. The minimum absolute atomic E-state index is 0.0287. The molecule has 2 heterocycles. The summed E-state index contributed by atoms with van der Waals surface area (Å²) in [6, 6.07) is 9.28. The van der Waals surface area contributed by atoms with Crippen LogP contribution < -0.4 is 10.6 Å². The molecule has 3 rings (SSSR count). The molecule has 0 aliphatic rings. The van der Waals surface area contributed by atoms with Gasteiger partial charge in [-0.2, -0.15) is 0 Å². The van der Waals surface area contributed by atoms with Crippen molar-refractivity contribution in [3.63, 3.8) is 0 Å². The van der Waals surface area contributed by atoms with Crippen LogP contribution in [0.15, 0.2) is 48.0 Å². The zero-order valence-electron chi connectivity index (χ0n) is 19.1. The van der Waals surface area contributed by atoms with Crippen LogP contribution in [-0.4, -0.2) is 54.4 Å². The summed E-state index contributed by atoms with van der Waals surface area (Å²) in [5.74, 6) is -1.25. The van der Waals surface area contributed by atoms with Crippen LogP contribution in [0.1, 0.15) is 22.8 Å². The lowest BCUT2D eigenvalue weighted by Crippen LogP contribution is -2.36. The van der Waals surface area contributed by atoms with E-state index in [1.54, 1.807) is 48.6 Å². The summed E-state index contributed by atoms with van der Waals surface area (Å²) in [7, 11) is 1.63. The van der Waals surface area contributed by atoms with Gasteiger partial charge in [-0.15, -0.1) is 11.3 Å². The SMILES string of the molecule is CCOC(=O)c1c(-c2ccc(F)cc2)csc1NC(=O)CN(C)CC(=O)Nc1cc(C)ccn1. The van der Waals surface area contributed by atoms with Crippen LogP contribution in [0.5, 0.6) is 0 Å². The highest BCUT2D eigenvalue weighted by molar-refractivity contribution is 7.15. The maximum Gasteiger partial charge on any atom is 0.341 e. The van der Waals surface area contributed by atoms with Crippen LogP contribution in [-0.2, 0) is 14.3 Å². The Morgan fingerprint density at radius 3 is 2.41 bits per heavy atom. The number of amides is 2. The average Bonchev–Trinajstić information content (AvgIpc) is 3.17. The summed E-state index contributed by atoms with van der Waals surface area (Å²) in [6.45, 7) is 3.63. The first-order valence-electron chi connectivity index (χ1n) is 10.5. The number of likely N-dealkylation sites (N-methyl/N-ethyl adjacent to an activating group) is 1. The lowest BCUT2D eigenvalue weighted by molar-refractivity contribution is -0.119. The number of aromatic nitrogens is 1. The number of carbonyl (C=O) groups is 3. The highest BCUT2D eigenvalue weighted by Gasteiger charge is 2.23. The van der Waals surface area contributed by atoms with Crippen LogP contribution in [0.4, 0.5) is 15.2 Å². The van der Waals surface area contributed by atoms with Gasteiger partial charge in [-0.05, 0) is 56.3 Å². The number of hydrogen-bond donors (Lipinski definition) is 2. The van der Waals surface area contributed by atoms with Gasteiger partial charge in [-0.25, -0.2) is 14.2 Å². The Morgan fingerprint density at radius 1 is 1.09 bits per heavy atom. The van der Waals surface area contributed by atoms with E-state index in [0.29, 0.717) is 21.9 Å². The minimum atomic E-state index is -0.586. The second-order valence-electron chi connectivity index (χ2n) is 7.57. The highest BCUT2D eigenvalue weighted by Crippen LogP contribution is 2.36.